The van der Waals surface area contributed by atoms with Gasteiger partial charge < -0.3 is 10.2 Å². The Labute approximate surface area is 76.6 Å². The molecule has 0 heterocycles. The minimum absolute atomic E-state index is 0.0143. The van der Waals surface area contributed by atoms with Crippen LogP contribution in [0.5, 0.6) is 5.75 Å². The number of rotatable bonds is 2. The third-order valence-corrected chi connectivity index (χ3v) is 2.08. The molecule has 0 saturated carbocycles. The summed E-state index contributed by atoms with van der Waals surface area (Å²) in [5.74, 6) is -0.394. The second-order valence-electron chi connectivity index (χ2n) is 3.70. The smallest absolute Gasteiger partial charge is 0.123 e. The normalized spacial score (nSPS) is 11.7. The molecule has 1 aromatic carbocycles. The summed E-state index contributed by atoms with van der Waals surface area (Å²) in [7, 11) is 0. The summed E-state index contributed by atoms with van der Waals surface area (Å²) in [6, 6.07) is 3.72. The molecular formula is C10H13FO2. The third kappa shape index (κ3) is 1.98. The summed E-state index contributed by atoms with van der Waals surface area (Å²) in [4.78, 5) is 0. The first-order valence-electron chi connectivity index (χ1n) is 4.07. The lowest BCUT2D eigenvalue weighted by molar-refractivity contribution is 0.215. The van der Waals surface area contributed by atoms with Crippen LogP contribution < -0.4 is 0 Å². The number of phenols is 1. The van der Waals surface area contributed by atoms with Gasteiger partial charge in [0, 0.05) is 11.0 Å². The molecule has 0 atom stereocenters. The molecule has 2 N–H and O–H groups in total. The molecule has 0 amide bonds. The van der Waals surface area contributed by atoms with Crippen molar-refractivity contribution in [3.05, 3.63) is 29.6 Å². The number of phenolic OH excluding ortho intramolecular Hbond substituents is 1. The van der Waals surface area contributed by atoms with Crippen LogP contribution in [0.15, 0.2) is 18.2 Å². The van der Waals surface area contributed by atoms with E-state index in [0.717, 1.165) is 0 Å². The van der Waals surface area contributed by atoms with Crippen LogP contribution >= 0.6 is 0 Å². The van der Waals surface area contributed by atoms with Crippen molar-refractivity contribution in [3.63, 3.8) is 0 Å². The first-order chi connectivity index (χ1) is 5.97. The van der Waals surface area contributed by atoms with Gasteiger partial charge in [-0.25, -0.2) is 4.39 Å². The minimum Gasteiger partial charge on any atom is -0.508 e. The number of hydrogen-bond acceptors (Lipinski definition) is 2. The average molecular weight is 184 g/mol. The molecule has 0 aromatic heterocycles. The van der Waals surface area contributed by atoms with E-state index in [-0.39, 0.29) is 12.4 Å². The lowest BCUT2D eigenvalue weighted by atomic mass is 9.85. The molecule has 0 radical (unpaired) electrons. The van der Waals surface area contributed by atoms with Crippen molar-refractivity contribution >= 4 is 0 Å². The SMILES string of the molecule is CC(C)(CO)c1cc(F)ccc1O. The van der Waals surface area contributed by atoms with E-state index < -0.39 is 11.2 Å². The van der Waals surface area contributed by atoms with Gasteiger partial charge in [-0.05, 0) is 18.2 Å². The van der Waals surface area contributed by atoms with E-state index in [9.17, 15) is 9.50 Å². The van der Waals surface area contributed by atoms with Gasteiger partial charge in [0.05, 0.1) is 6.61 Å². The zero-order valence-corrected chi connectivity index (χ0v) is 7.71. The molecule has 0 saturated heterocycles. The Morgan fingerprint density at radius 1 is 1.38 bits per heavy atom. The van der Waals surface area contributed by atoms with Crippen molar-refractivity contribution in [1.29, 1.82) is 0 Å². The zero-order valence-electron chi connectivity index (χ0n) is 7.71. The van der Waals surface area contributed by atoms with Crippen LogP contribution in [0.1, 0.15) is 19.4 Å². The van der Waals surface area contributed by atoms with Crippen LogP contribution in [0.2, 0.25) is 0 Å². The van der Waals surface area contributed by atoms with Crippen molar-refractivity contribution in [3.8, 4) is 5.75 Å². The Bertz CT molecular complexity index is 308. The molecule has 0 aliphatic rings. The zero-order chi connectivity index (χ0) is 10.1. The highest BCUT2D eigenvalue weighted by atomic mass is 19.1. The van der Waals surface area contributed by atoms with Gasteiger partial charge in [0.15, 0.2) is 0 Å². The van der Waals surface area contributed by atoms with E-state index in [1.165, 1.54) is 18.2 Å². The first-order valence-corrected chi connectivity index (χ1v) is 4.07. The maximum atomic E-state index is 12.8. The Balaban J connectivity index is 3.20. The van der Waals surface area contributed by atoms with Crippen molar-refractivity contribution in [2.75, 3.05) is 6.61 Å². The minimum atomic E-state index is -0.619. The number of aliphatic hydroxyl groups excluding tert-OH is 1. The Hall–Kier alpha value is -1.09. The third-order valence-electron chi connectivity index (χ3n) is 2.08. The van der Waals surface area contributed by atoms with Crippen LogP contribution in [0.4, 0.5) is 4.39 Å². The molecule has 3 heteroatoms. The Kier molecular flexibility index (Phi) is 2.57. The summed E-state index contributed by atoms with van der Waals surface area (Å²) >= 11 is 0. The number of hydrogen-bond donors (Lipinski definition) is 2. The summed E-state index contributed by atoms with van der Waals surface area (Å²) in [5.41, 5.74) is -0.193. The average Bonchev–Trinajstić information content (AvgIpc) is 2.09. The molecule has 0 unspecified atom stereocenters. The fourth-order valence-corrected chi connectivity index (χ4v) is 1.14. The maximum Gasteiger partial charge on any atom is 0.123 e. The highest BCUT2D eigenvalue weighted by Crippen LogP contribution is 2.30. The van der Waals surface area contributed by atoms with E-state index in [4.69, 9.17) is 5.11 Å². The molecule has 72 valence electrons. The lowest BCUT2D eigenvalue weighted by Gasteiger charge is -2.23. The van der Waals surface area contributed by atoms with Crippen molar-refractivity contribution in [1.82, 2.24) is 0 Å². The predicted octanol–water partition coefficient (Wildman–Crippen LogP) is 1.80. The maximum absolute atomic E-state index is 12.8. The lowest BCUT2D eigenvalue weighted by Crippen LogP contribution is -2.22. The van der Waals surface area contributed by atoms with Crippen molar-refractivity contribution < 1.29 is 14.6 Å². The van der Waals surface area contributed by atoms with E-state index in [1.54, 1.807) is 13.8 Å². The van der Waals surface area contributed by atoms with Crippen LogP contribution in [0.25, 0.3) is 0 Å². The summed E-state index contributed by atoms with van der Waals surface area (Å²) in [6.07, 6.45) is 0. The molecule has 2 nitrogen and oxygen atoms in total. The molecular weight excluding hydrogens is 171 g/mol. The molecule has 0 aliphatic heterocycles. The van der Waals surface area contributed by atoms with Gasteiger partial charge >= 0.3 is 0 Å². The van der Waals surface area contributed by atoms with Crippen LogP contribution in [-0.2, 0) is 5.41 Å². The van der Waals surface area contributed by atoms with Crippen molar-refractivity contribution in [2.45, 2.75) is 19.3 Å². The van der Waals surface area contributed by atoms with Gasteiger partial charge in [-0.15, -0.1) is 0 Å². The van der Waals surface area contributed by atoms with E-state index in [0.29, 0.717) is 5.56 Å². The van der Waals surface area contributed by atoms with Gasteiger partial charge in [0.1, 0.15) is 11.6 Å². The van der Waals surface area contributed by atoms with E-state index in [2.05, 4.69) is 0 Å². The summed E-state index contributed by atoms with van der Waals surface area (Å²) in [5, 5.41) is 18.5. The number of halogens is 1. The number of aromatic hydroxyl groups is 1. The molecule has 1 rings (SSSR count). The standard InChI is InChI=1S/C10H13FO2/c1-10(2,6-12)8-5-7(11)3-4-9(8)13/h3-5,12-13H,6H2,1-2H3. The largest absolute Gasteiger partial charge is 0.508 e. The van der Waals surface area contributed by atoms with E-state index in [1.807, 2.05) is 0 Å². The highest BCUT2D eigenvalue weighted by Gasteiger charge is 2.23. The van der Waals surface area contributed by atoms with Crippen LogP contribution in [0, 0.1) is 5.82 Å². The molecule has 0 spiro atoms. The second kappa shape index (κ2) is 3.34. The molecule has 1 aromatic rings. The first kappa shape index (κ1) is 9.99. The summed E-state index contributed by atoms with van der Waals surface area (Å²) < 4.78 is 12.8. The quantitative estimate of drug-likeness (QED) is 0.735. The van der Waals surface area contributed by atoms with E-state index >= 15 is 0 Å². The van der Waals surface area contributed by atoms with Gasteiger partial charge in [-0.1, -0.05) is 13.8 Å². The van der Waals surface area contributed by atoms with Crippen LogP contribution in [0.3, 0.4) is 0 Å². The molecule has 13 heavy (non-hydrogen) atoms. The number of benzene rings is 1. The predicted molar refractivity (Wildman–Crippen MR) is 48.2 cm³/mol. The van der Waals surface area contributed by atoms with Gasteiger partial charge in [0.25, 0.3) is 0 Å². The monoisotopic (exact) mass is 184 g/mol. The highest BCUT2D eigenvalue weighted by molar-refractivity contribution is 5.38. The molecule has 0 fully saturated rings. The summed E-state index contributed by atoms with van der Waals surface area (Å²) in [6.45, 7) is 3.34. The second-order valence-corrected chi connectivity index (χ2v) is 3.70. The van der Waals surface area contributed by atoms with Gasteiger partial charge in [-0.3, -0.25) is 0 Å². The molecule has 0 aliphatic carbocycles. The number of aliphatic hydroxyl groups is 1. The fraction of sp³-hybridized carbons (Fsp3) is 0.400. The Morgan fingerprint density at radius 2 is 2.00 bits per heavy atom. The van der Waals surface area contributed by atoms with Gasteiger partial charge in [-0.2, -0.15) is 0 Å². The van der Waals surface area contributed by atoms with Crippen LogP contribution in [-0.4, -0.2) is 16.8 Å². The van der Waals surface area contributed by atoms with Crippen molar-refractivity contribution in [2.24, 2.45) is 0 Å². The molecule has 0 bridgehead atoms. The fourth-order valence-electron chi connectivity index (χ4n) is 1.14. The van der Waals surface area contributed by atoms with Gasteiger partial charge in [0.2, 0.25) is 0 Å². The topological polar surface area (TPSA) is 40.5 Å². The Morgan fingerprint density at radius 3 is 2.54 bits per heavy atom.